The van der Waals surface area contributed by atoms with E-state index in [1.165, 1.54) is 12.5 Å². The number of nitrogens with one attached hydrogen (secondary N) is 2. The number of hydrogen-bond donors (Lipinski definition) is 2. The van der Waals surface area contributed by atoms with Crippen molar-refractivity contribution in [3.8, 4) is 0 Å². The van der Waals surface area contributed by atoms with Gasteiger partial charge in [-0.2, -0.15) is 0 Å². The van der Waals surface area contributed by atoms with E-state index < -0.39 is 0 Å². The summed E-state index contributed by atoms with van der Waals surface area (Å²) in [5.41, 5.74) is 1.52. The van der Waals surface area contributed by atoms with Gasteiger partial charge in [0, 0.05) is 19.2 Å². The van der Waals surface area contributed by atoms with Crippen LogP contribution in [0.4, 0.5) is 4.39 Å². The molecular weight excluding hydrogens is 436 g/mol. The zero-order valence-corrected chi connectivity index (χ0v) is 17.1. The van der Waals surface area contributed by atoms with Crippen LogP contribution in [-0.4, -0.2) is 37.9 Å². The molecule has 0 spiro atoms. The Balaban J connectivity index is 0.00000225. The largest absolute Gasteiger partial charge is 0.380 e. The van der Waals surface area contributed by atoms with E-state index in [9.17, 15) is 4.39 Å². The molecule has 7 heteroatoms. The van der Waals surface area contributed by atoms with E-state index in [1.54, 1.807) is 13.2 Å². The van der Waals surface area contributed by atoms with Crippen LogP contribution in [0.2, 0.25) is 0 Å². The summed E-state index contributed by atoms with van der Waals surface area (Å²) in [5.74, 6) is 0.546. The van der Waals surface area contributed by atoms with Crippen molar-refractivity contribution < 1.29 is 13.9 Å². The van der Waals surface area contributed by atoms with Gasteiger partial charge in [-0.15, -0.1) is 24.0 Å². The van der Waals surface area contributed by atoms with Crippen molar-refractivity contribution in [1.29, 1.82) is 0 Å². The summed E-state index contributed by atoms with van der Waals surface area (Å²) < 4.78 is 24.6. The van der Waals surface area contributed by atoms with E-state index in [1.807, 2.05) is 13.0 Å². The third-order valence-electron chi connectivity index (χ3n) is 4.60. The minimum absolute atomic E-state index is 0. The lowest BCUT2D eigenvalue weighted by Gasteiger charge is -2.22. The predicted octanol–water partition coefficient (Wildman–Crippen LogP) is 2.97. The highest BCUT2D eigenvalue weighted by atomic mass is 127. The number of methoxy groups -OCH3 is 1. The second-order valence-electron chi connectivity index (χ2n) is 6.41. The predicted molar refractivity (Wildman–Crippen MR) is 107 cm³/mol. The van der Waals surface area contributed by atoms with Gasteiger partial charge in [0.15, 0.2) is 5.96 Å². The average Bonchev–Trinajstić information content (AvgIpc) is 3.18. The number of nitrogens with zero attached hydrogens (tertiary/aromatic N) is 1. The van der Waals surface area contributed by atoms with Gasteiger partial charge in [-0.25, -0.2) is 9.38 Å². The number of hydrogen-bond acceptors (Lipinski definition) is 3. The van der Waals surface area contributed by atoms with Gasteiger partial charge < -0.3 is 20.1 Å². The fraction of sp³-hybridized carbons (Fsp3) is 0.611. The van der Waals surface area contributed by atoms with Crippen molar-refractivity contribution in [2.75, 3.05) is 13.7 Å². The van der Waals surface area contributed by atoms with Crippen LogP contribution in [0, 0.1) is 5.82 Å². The molecule has 5 nitrogen and oxygen atoms in total. The van der Waals surface area contributed by atoms with Gasteiger partial charge in [-0.05, 0) is 43.9 Å². The second kappa shape index (κ2) is 9.68. The van der Waals surface area contributed by atoms with Crippen LogP contribution in [0.5, 0.6) is 0 Å². The molecule has 2 fully saturated rings. The van der Waals surface area contributed by atoms with Gasteiger partial charge in [0.25, 0.3) is 0 Å². The van der Waals surface area contributed by atoms with Gasteiger partial charge in [0.1, 0.15) is 5.82 Å². The molecule has 2 N–H and O–H groups in total. The van der Waals surface area contributed by atoms with E-state index in [2.05, 4.69) is 15.6 Å². The van der Waals surface area contributed by atoms with Crippen LogP contribution in [-0.2, 0) is 22.6 Å². The Morgan fingerprint density at radius 3 is 2.88 bits per heavy atom. The number of fused-ring (bicyclic) bond motifs is 2. The Morgan fingerprint density at radius 2 is 2.24 bits per heavy atom. The summed E-state index contributed by atoms with van der Waals surface area (Å²) in [6, 6.07) is 5.39. The van der Waals surface area contributed by atoms with Gasteiger partial charge >= 0.3 is 0 Å². The second-order valence-corrected chi connectivity index (χ2v) is 6.41. The van der Waals surface area contributed by atoms with Crippen molar-refractivity contribution in [3.63, 3.8) is 0 Å². The quantitative estimate of drug-likeness (QED) is 0.387. The zero-order chi connectivity index (χ0) is 16.9. The first-order chi connectivity index (χ1) is 11.7. The number of ether oxygens (including phenoxy) is 2. The lowest BCUT2D eigenvalue weighted by Crippen LogP contribution is -2.47. The van der Waals surface area contributed by atoms with E-state index >= 15 is 0 Å². The van der Waals surface area contributed by atoms with Gasteiger partial charge in [-0.1, -0.05) is 6.07 Å². The number of benzene rings is 1. The Labute approximate surface area is 165 Å². The molecule has 3 unspecified atom stereocenters. The molecule has 2 bridgehead atoms. The van der Waals surface area contributed by atoms with Crippen LogP contribution in [0.1, 0.15) is 37.3 Å². The Hall–Kier alpha value is -0.930. The maximum absolute atomic E-state index is 13.7. The van der Waals surface area contributed by atoms with Gasteiger partial charge in [-0.3, -0.25) is 0 Å². The summed E-state index contributed by atoms with van der Waals surface area (Å²) in [4.78, 5) is 4.64. The smallest absolute Gasteiger partial charge is 0.191 e. The molecule has 1 aromatic rings. The van der Waals surface area contributed by atoms with Gasteiger partial charge in [0.2, 0.25) is 0 Å². The van der Waals surface area contributed by atoms with Crippen molar-refractivity contribution in [3.05, 3.63) is 35.1 Å². The maximum Gasteiger partial charge on any atom is 0.191 e. The lowest BCUT2D eigenvalue weighted by molar-refractivity contribution is 0.0992. The number of rotatable bonds is 6. The van der Waals surface area contributed by atoms with Crippen LogP contribution in [0.25, 0.3) is 0 Å². The molecule has 0 radical (unpaired) electrons. The maximum atomic E-state index is 13.7. The normalized spacial score (nSPS) is 24.9. The third kappa shape index (κ3) is 5.27. The summed E-state index contributed by atoms with van der Waals surface area (Å²) in [5, 5.41) is 6.76. The van der Waals surface area contributed by atoms with E-state index in [-0.39, 0.29) is 36.4 Å². The van der Waals surface area contributed by atoms with Gasteiger partial charge in [0.05, 0.1) is 31.4 Å². The topological polar surface area (TPSA) is 54.9 Å². The molecule has 2 saturated heterocycles. The molecule has 1 aromatic carbocycles. The first kappa shape index (κ1) is 20.4. The molecular formula is C18H27FIN3O2. The lowest BCUT2D eigenvalue weighted by atomic mass is 9.96. The van der Waals surface area contributed by atoms with Crippen LogP contribution < -0.4 is 10.6 Å². The molecule has 3 atom stereocenters. The molecule has 2 aliphatic heterocycles. The molecule has 25 heavy (non-hydrogen) atoms. The summed E-state index contributed by atoms with van der Waals surface area (Å²) in [7, 11) is 1.56. The molecule has 2 aliphatic rings. The Bertz CT molecular complexity index is 600. The minimum Gasteiger partial charge on any atom is -0.380 e. The third-order valence-corrected chi connectivity index (χ3v) is 4.60. The summed E-state index contributed by atoms with van der Waals surface area (Å²) >= 11 is 0. The zero-order valence-electron chi connectivity index (χ0n) is 14.8. The monoisotopic (exact) mass is 463 g/mol. The fourth-order valence-electron chi connectivity index (χ4n) is 3.45. The summed E-state index contributed by atoms with van der Waals surface area (Å²) in [6.45, 7) is 3.60. The Morgan fingerprint density at radius 1 is 1.40 bits per heavy atom. The highest BCUT2D eigenvalue weighted by Crippen LogP contribution is 2.34. The summed E-state index contributed by atoms with van der Waals surface area (Å²) in [6.07, 6.45) is 4.06. The van der Waals surface area contributed by atoms with Crippen LogP contribution in [0.3, 0.4) is 0 Å². The molecule has 0 amide bonds. The average molecular weight is 463 g/mol. The van der Waals surface area contributed by atoms with E-state index in [0.717, 1.165) is 30.9 Å². The fourth-order valence-corrected chi connectivity index (χ4v) is 3.45. The van der Waals surface area contributed by atoms with Crippen LogP contribution in [0.15, 0.2) is 23.2 Å². The van der Waals surface area contributed by atoms with Crippen molar-refractivity contribution in [2.45, 2.75) is 57.6 Å². The van der Waals surface area contributed by atoms with Crippen LogP contribution >= 0.6 is 24.0 Å². The first-order valence-electron chi connectivity index (χ1n) is 8.66. The highest BCUT2D eigenvalue weighted by molar-refractivity contribution is 14.0. The number of halogens is 2. The molecule has 0 aromatic heterocycles. The van der Waals surface area contributed by atoms with Crippen molar-refractivity contribution >= 4 is 29.9 Å². The standard InChI is InChI=1S/C18H26FN3O2.HI/c1-3-20-18(22-16-9-14-5-7-17(16)24-14)21-10-12-4-6-15(19)13(8-12)11-23-2;/h4,6,8,14,16-17H,3,5,7,9-11H2,1-2H3,(H2,20,21,22);1H. The molecule has 140 valence electrons. The van der Waals surface area contributed by atoms with Crippen molar-refractivity contribution in [1.82, 2.24) is 10.6 Å². The molecule has 3 rings (SSSR count). The number of aliphatic imine (C=N–C) groups is 1. The first-order valence-corrected chi connectivity index (χ1v) is 8.66. The molecule has 2 heterocycles. The molecule has 0 aliphatic carbocycles. The van der Waals surface area contributed by atoms with E-state index in [0.29, 0.717) is 30.4 Å². The SMILES string of the molecule is CCNC(=NCc1ccc(F)c(COC)c1)NC1CC2CCC1O2.I. The highest BCUT2D eigenvalue weighted by Gasteiger charge is 2.41. The number of guanidine groups is 1. The van der Waals surface area contributed by atoms with E-state index in [4.69, 9.17) is 9.47 Å². The minimum atomic E-state index is -0.242. The Kier molecular flexibility index (Phi) is 7.89. The van der Waals surface area contributed by atoms with Crippen molar-refractivity contribution in [2.24, 2.45) is 4.99 Å². The molecule has 0 saturated carbocycles.